The van der Waals surface area contributed by atoms with Gasteiger partial charge in [0.25, 0.3) is 0 Å². The molecule has 6 heteroatoms. The first-order valence-electron chi connectivity index (χ1n) is 5.69. The van der Waals surface area contributed by atoms with Crippen molar-refractivity contribution in [2.24, 2.45) is 0 Å². The molecular formula is C12H15N5O. The van der Waals surface area contributed by atoms with Crippen LogP contribution in [0.1, 0.15) is 12.6 Å². The van der Waals surface area contributed by atoms with E-state index in [1.54, 1.807) is 13.2 Å². The molecule has 0 aliphatic carbocycles. The molecule has 0 aliphatic rings. The summed E-state index contributed by atoms with van der Waals surface area (Å²) >= 11 is 0. The van der Waals surface area contributed by atoms with E-state index in [4.69, 9.17) is 4.74 Å². The molecule has 0 aliphatic heterocycles. The lowest BCUT2D eigenvalue weighted by molar-refractivity contribution is 0.397. The zero-order chi connectivity index (χ0) is 13.0. The molecule has 0 fully saturated rings. The fourth-order valence-electron chi connectivity index (χ4n) is 1.49. The Labute approximate surface area is 105 Å². The average molecular weight is 245 g/mol. The zero-order valence-electron chi connectivity index (χ0n) is 10.6. The Morgan fingerprint density at radius 3 is 2.72 bits per heavy atom. The lowest BCUT2D eigenvalue weighted by Gasteiger charge is -2.06. The lowest BCUT2D eigenvalue weighted by Crippen LogP contribution is -2.01. The van der Waals surface area contributed by atoms with Crippen molar-refractivity contribution in [2.45, 2.75) is 13.3 Å². The molecule has 0 saturated heterocycles. The molecule has 0 radical (unpaired) electrons. The molecule has 94 valence electrons. The Balaban J connectivity index is 2.48. The highest BCUT2D eigenvalue weighted by Crippen LogP contribution is 2.18. The van der Waals surface area contributed by atoms with E-state index in [2.05, 4.69) is 25.3 Å². The number of ether oxygens (including phenoxy) is 1. The van der Waals surface area contributed by atoms with E-state index in [-0.39, 0.29) is 0 Å². The first-order valence-corrected chi connectivity index (χ1v) is 5.69. The van der Waals surface area contributed by atoms with Gasteiger partial charge in [-0.05, 0) is 6.42 Å². The van der Waals surface area contributed by atoms with Crippen LogP contribution >= 0.6 is 0 Å². The van der Waals surface area contributed by atoms with E-state index in [9.17, 15) is 0 Å². The molecule has 0 spiro atoms. The molecule has 0 amide bonds. The average Bonchev–Trinajstić information content (AvgIpc) is 2.46. The summed E-state index contributed by atoms with van der Waals surface area (Å²) in [7, 11) is 3.39. The minimum atomic E-state index is 0.497. The predicted octanol–water partition coefficient (Wildman–Crippen LogP) is 1.55. The summed E-state index contributed by atoms with van der Waals surface area (Å²) in [5.41, 5.74) is 1.61. The summed E-state index contributed by atoms with van der Waals surface area (Å²) < 4.78 is 5.07. The van der Waals surface area contributed by atoms with Crippen molar-refractivity contribution in [2.75, 3.05) is 19.5 Å². The molecule has 18 heavy (non-hydrogen) atoms. The van der Waals surface area contributed by atoms with Gasteiger partial charge in [-0.2, -0.15) is 0 Å². The molecule has 0 unspecified atom stereocenters. The standard InChI is InChI=1S/C12H15N5O/c1-4-8-5-10(13-2)17-12(16-8)9-6-11(18-3)15-7-14-9/h5-7H,4H2,1-3H3,(H,13,16,17). The van der Waals surface area contributed by atoms with Gasteiger partial charge in [0.15, 0.2) is 5.82 Å². The number of rotatable bonds is 4. The second-order valence-corrected chi connectivity index (χ2v) is 3.62. The van der Waals surface area contributed by atoms with Gasteiger partial charge in [-0.3, -0.25) is 0 Å². The molecule has 0 aromatic carbocycles. The van der Waals surface area contributed by atoms with E-state index in [1.165, 1.54) is 6.33 Å². The van der Waals surface area contributed by atoms with Gasteiger partial charge in [0.1, 0.15) is 17.8 Å². The lowest BCUT2D eigenvalue weighted by atomic mass is 10.3. The summed E-state index contributed by atoms with van der Waals surface area (Å²) in [6.07, 6.45) is 2.28. The van der Waals surface area contributed by atoms with Gasteiger partial charge in [0.2, 0.25) is 5.88 Å². The SMILES string of the molecule is CCc1cc(NC)nc(-c2cc(OC)ncn2)n1. The van der Waals surface area contributed by atoms with Crippen molar-refractivity contribution in [3.63, 3.8) is 0 Å². The van der Waals surface area contributed by atoms with Crippen LogP contribution in [-0.2, 0) is 6.42 Å². The molecule has 2 aromatic rings. The first-order chi connectivity index (χ1) is 8.76. The zero-order valence-corrected chi connectivity index (χ0v) is 10.6. The van der Waals surface area contributed by atoms with Gasteiger partial charge in [-0.15, -0.1) is 0 Å². The highest BCUT2D eigenvalue weighted by atomic mass is 16.5. The molecule has 2 heterocycles. The Morgan fingerprint density at radius 1 is 1.22 bits per heavy atom. The third-order valence-electron chi connectivity index (χ3n) is 2.48. The van der Waals surface area contributed by atoms with Gasteiger partial charge >= 0.3 is 0 Å². The molecule has 6 nitrogen and oxygen atoms in total. The van der Waals surface area contributed by atoms with E-state index in [0.717, 1.165) is 17.9 Å². The van der Waals surface area contributed by atoms with Gasteiger partial charge in [-0.25, -0.2) is 19.9 Å². The van der Waals surface area contributed by atoms with Crippen LogP contribution in [-0.4, -0.2) is 34.1 Å². The van der Waals surface area contributed by atoms with Crippen LogP contribution in [0.25, 0.3) is 11.5 Å². The molecule has 1 N–H and O–H groups in total. The van der Waals surface area contributed by atoms with Crippen LogP contribution in [0, 0.1) is 0 Å². The summed E-state index contributed by atoms with van der Waals surface area (Å²) in [6.45, 7) is 2.05. The maximum atomic E-state index is 5.07. The maximum absolute atomic E-state index is 5.07. The Morgan fingerprint density at radius 2 is 2.06 bits per heavy atom. The van der Waals surface area contributed by atoms with Gasteiger partial charge in [-0.1, -0.05) is 6.92 Å². The minimum Gasteiger partial charge on any atom is -0.481 e. The third kappa shape index (κ3) is 2.53. The summed E-state index contributed by atoms with van der Waals surface area (Å²) in [5.74, 6) is 1.84. The van der Waals surface area contributed by atoms with Crippen LogP contribution in [0.2, 0.25) is 0 Å². The van der Waals surface area contributed by atoms with E-state index >= 15 is 0 Å². The number of methoxy groups -OCH3 is 1. The van der Waals surface area contributed by atoms with Crippen molar-refractivity contribution < 1.29 is 4.74 Å². The number of aryl methyl sites for hydroxylation is 1. The van der Waals surface area contributed by atoms with E-state index < -0.39 is 0 Å². The number of nitrogens with one attached hydrogen (secondary N) is 1. The van der Waals surface area contributed by atoms with Crippen molar-refractivity contribution in [1.82, 2.24) is 19.9 Å². The fraction of sp³-hybridized carbons (Fsp3) is 0.333. The highest BCUT2D eigenvalue weighted by molar-refractivity contribution is 5.53. The minimum absolute atomic E-state index is 0.497. The third-order valence-corrected chi connectivity index (χ3v) is 2.48. The fourth-order valence-corrected chi connectivity index (χ4v) is 1.49. The molecule has 2 rings (SSSR count). The van der Waals surface area contributed by atoms with Gasteiger partial charge < -0.3 is 10.1 Å². The van der Waals surface area contributed by atoms with Crippen LogP contribution in [0.15, 0.2) is 18.5 Å². The Kier molecular flexibility index (Phi) is 3.66. The Bertz CT molecular complexity index is 521. The molecular weight excluding hydrogens is 230 g/mol. The highest BCUT2D eigenvalue weighted by Gasteiger charge is 2.08. The van der Waals surface area contributed by atoms with Crippen molar-refractivity contribution >= 4 is 5.82 Å². The maximum Gasteiger partial charge on any atom is 0.216 e. The molecule has 0 bridgehead atoms. The van der Waals surface area contributed by atoms with Gasteiger partial charge in [0.05, 0.1) is 7.11 Å². The van der Waals surface area contributed by atoms with E-state index in [1.807, 2.05) is 20.0 Å². The summed E-state index contributed by atoms with van der Waals surface area (Å²) in [6, 6.07) is 3.64. The summed E-state index contributed by atoms with van der Waals surface area (Å²) in [5, 5.41) is 3.01. The van der Waals surface area contributed by atoms with Crippen molar-refractivity contribution in [1.29, 1.82) is 0 Å². The normalized spacial score (nSPS) is 10.2. The monoisotopic (exact) mass is 245 g/mol. The second-order valence-electron chi connectivity index (χ2n) is 3.62. The number of anilines is 1. The molecule has 0 atom stereocenters. The smallest absolute Gasteiger partial charge is 0.216 e. The molecule has 2 aromatic heterocycles. The number of aromatic nitrogens is 4. The van der Waals surface area contributed by atoms with Crippen LogP contribution < -0.4 is 10.1 Å². The second kappa shape index (κ2) is 5.39. The van der Waals surface area contributed by atoms with Crippen LogP contribution in [0.5, 0.6) is 5.88 Å². The van der Waals surface area contributed by atoms with Crippen LogP contribution in [0.4, 0.5) is 5.82 Å². The Hall–Kier alpha value is -2.24. The van der Waals surface area contributed by atoms with Crippen molar-refractivity contribution in [3.8, 4) is 17.4 Å². The topological polar surface area (TPSA) is 72.8 Å². The predicted molar refractivity (Wildman–Crippen MR) is 68.5 cm³/mol. The number of nitrogens with zero attached hydrogens (tertiary/aromatic N) is 4. The number of hydrogen-bond donors (Lipinski definition) is 1. The molecule has 0 saturated carbocycles. The van der Waals surface area contributed by atoms with E-state index in [0.29, 0.717) is 17.4 Å². The van der Waals surface area contributed by atoms with Crippen LogP contribution in [0.3, 0.4) is 0 Å². The quantitative estimate of drug-likeness (QED) is 0.881. The van der Waals surface area contributed by atoms with Crippen molar-refractivity contribution in [3.05, 3.63) is 24.2 Å². The first kappa shape index (κ1) is 12.2. The van der Waals surface area contributed by atoms with Gasteiger partial charge in [0, 0.05) is 24.9 Å². The largest absolute Gasteiger partial charge is 0.481 e. The summed E-state index contributed by atoms with van der Waals surface area (Å²) in [4.78, 5) is 17.0. The number of hydrogen-bond acceptors (Lipinski definition) is 6.